The Kier molecular flexibility index (Phi) is 3.84. The first-order valence-electron chi connectivity index (χ1n) is 5.88. The third-order valence-corrected chi connectivity index (χ3v) is 3.97. The Labute approximate surface area is 110 Å². The molecule has 1 amide bonds. The predicted octanol–water partition coefficient (Wildman–Crippen LogP) is 2.92. The van der Waals surface area contributed by atoms with E-state index in [1.165, 1.54) is 6.42 Å². The number of benzene rings is 1. The maximum Gasteiger partial charge on any atom is 0.238 e. The predicted molar refractivity (Wildman–Crippen MR) is 73.0 cm³/mol. The summed E-state index contributed by atoms with van der Waals surface area (Å²) in [4.78, 5) is 11.8. The summed E-state index contributed by atoms with van der Waals surface area (Å²) in [7, 11) is 0. The Morgan fingerprint density at radius 2 is 2.12 bits per heavy atom. The molecular formula is C13H17BrN2O. The number of hydrogen-bond acceptors (Lipinski definition) is 2. The molecule has 0 spiro atoms. The van der Waals surface area contributed by atoms with Gasteiger partial charge in [-0.1, -0.05) is 12.1 Å². The van der Waals surface area contributed by atoms with Gasteiger partial charge in [-0.2, -0.15) is 0 Å². The van der Waals surface area contributed by atoms with Gasteiger partial charge in [-0.25, -0.2) is 0 Å². The van der Waals surface area contributed by atoms with Crippen LogP contribution in [0.5, 0.6) is 0 Å². The SMILES string of the molecule is CC1(NCC(=O)Nc2ccccc2Br)CCC1. The molecule has 92 valence electrons. The lowest BCUT2D eigenvalue weighted by Crippen LogP contribution is -2.50. The van der Waals surface area contributed by atoms with E-state index in [0.717, 1.165) is 23.0 Å². The van der Waals surface area contributed by atoms with Crippen molar-refractivity contribution in [3.05, 3.63) is 28.7 Å². The topological polar surface area (TPSA) is 41.1 Å². The van der Waals surface area contributed by atoms with Gasteiger partial charge in [0.25, 0.3) is 0 Å². The summed E-state index contributed by atoms with van der Waals surface area (Å²) in [6.07, 6.45) is 3.58. The first-order valence-corrected chi connectivity index (χ1v) is 6.68. The van der Waals surface area contributed by atoms with Crippen LogP contribution in [0.2, 0.25) is 0 Å². The summed E-state index contributed by atoms with van der Waals surface area (Å²) in [6.45, 7) is 2.54. The Balaban J connectivity index is 1.83. The Morgan fingerprint density at radius 3 is 2.71 bits per heavy atom. The third-order valence-electron chi connectivity index (χ3n) is 3.28. The quantitative estimate of drug-likeness (QED) is 0.897. The molecular weight excluding hydrogens is 280 g/mol. The highest BCUT2D eigenvalue weighted by Gasteiger charge is 2.31. The zero-order valence-electron chi connectivity index (χ0n) is 9.92. The lowest BCUT2D eigenvalue weighted by molar-refractivity contribution is -0.115. The number of carbonyl (C=O) groups is 1. The van der Waals surface area contributed by atoms with Gasteiger partial charge in [-0.3, -0.25) is 4.79 Å². The minimum absolute atomic E-state index is 0.00465. The third kappa shape index (κ3) is 3.30. The molecule has 1 saturated carbocycles. The molecule has 0 unspecified atom stereocenters. The largest absolute Gasteiger partial charge is 0.324 e. The van der Waals surface area contributed by atoms with Crippen molar-refractivity contribution in [2.45, 2.75) is 31.7 Å². The van der Waals surface area contributed by atoms with Crippen molar-refractivity contribution in [1.82, 2.24) is 5.32 Å². The first kappa shape index (κ1) is 12.6. The van der Waals surface area contributed by atoms with Crippen LogP contribution in [0.1, 0.15) is 26.2 Å². The number of para-hydroxylation sites is 1. The van der Waals surface area contributed by atoms with E-state index in [2.05, 4.69) is 33.5 Å². The molecule has 1 fully saturated rings. The van der Waals surface area contributed by atoms with E-state index in [4.69, 9.17) is 0 Å². The van der Waals surface area contributed by atoms with E-state index in [-0.39, 0.29) is 11.4 Å². The van der Waals surface area contributed by atoms with Gasteiger partial charge in [0.1, 0.15) is 0 Å². The van der Waals surface area contributed by atoms with E-state index in [0.29, 0.717) is 6.54 Å². The van der Waals surface area contributed by atoms with E-state index in [1.54, 1.807) is 0 Å². The Hall–Kier alpha value is -0.870. The van der Waals surface area contributed by atoms with E-state index in [9.17, 15) is 4.79 Å². The fourth-order valence-electron chi connectivity index (χ4n) is 1.93. The molecule has 0 atom stereocenters. The molecule has 17 heavy (non-hydrogen) atoms. The summed E-state index contributed by atoms with van der Waals surface area (Å²) in [6, 6.07) is 7.62. The molecule has 4 heteroatoms. The highest BCUT2D eigenvalue weighted by atomic mass is 79.9. The van der Waals surface area contributed by atoms with Gasteiger partial charge in [0.05, 0.1) is 12.2 Å². The van der Waals surface area contributed by atoms with E-state index < -0.39 is 0 Å². The molecule has 1 aromatic carbocycles. The monoisotopic (exact) mass is 296 g/mol. The lowest BCUT2D eigenvalue weighted by Gasteiger charge is -2.39. The van der Waals surface area contributed by atoms with Crippen LogP contribution in [0, 0.1) is 0 Å². The number of amides is 1. The van der Waals surface area contributed by atoms with Gasteiger partial charge in [0.2, 0.25) is 5.91 Å². The van der Waals surface area contributed by atoms with Gasteiger partial charge in [-0.05, 0) is 54.2 Å². The van der Waals surface area contributed by atoms with Gasteiger partial charge < -0.3 is 10.6 Å². The molecule has 1 aliphatic carbocycles. The highest BCUT2D eigenvalue weighted by molar-refractivity contribution is 9.10. The maximum absolute atomic E-state index is 11.8. The Morgan fingerprint density at radius 1 is 1.41 bits per heavy atom. The molecule has 0 aliphatic heterocycles. The molecule has 1 aliphatic rings. The van der Waals surface area contributed by atoms with Gasteiger partial charge in [0.15, 0.2) is 0 Å². The zero-order chi connectivity index (χ0) is 12.3. The summed E-state index contributed by atoms with van der Waals surface area (Å²) in [5.74, 6) is 0.00465. The average molecular weight is 297 g/mol. The minimum atomic E-state index is 0.00465. The van der Waals surface area contributed by atoms with Crippen LogP contribution < -0.4 is 10.6 Å². The standard InChI is InChI=1S/C13H17BrN2O/c1-13(7-4-8-13)15-9-12(17)16-11-6-3-2-5-10(11)14/h2-3,5-6,15H,4,7-9H2,1H3,(H,16,17). The lowest BCUT2D eigenvalue weighted by atomic mass is 9.78. The fourth-order valence-corrected chi connectivity index (χ4v) is 2.32. The molecule has 3 nitrogen and oxygen atoms in total. The number of nitrogens with one attached hydrogen (secondary N) is 2. The smallest absolute Gasteiger partial charge is 0.238 e. The average Bonchev–Trinajstić information content (AvgIpc) is 2.27. The molecule has 2 N–H and O–H groups in total. The van der Waals surface area contributed by atoms with E-state index in [1.807, 2.05) is 24.3 Å². The molecule has 0 heterocycles. The highest BCUT2D eigenvalue weighted by Crippen LogP contribution is 2.30. The van der Waals surface area contributed by atoms with Gasteiger partial charge in [-0.15, -0.1) is 0 Å². The Bertz CT molecular complexity index is 416. The van der Waals surface area contributed by atoms with Crippen LogP contribution in [0.4, 0.5) is 5.69 Å². The molecule has 0 bridgehead atoms. The van der Waals surface area contributed by atoms with Crippen molar-refractivity contribution in [1.29, 1.82) is 0 Å². The van der Waals surface area contributed by atoms with Crippen LogP contribution in [0.15, 0.2) is 28.7 Å². The van der Waals surface area contributed by atoms with Crippen LogP contribution >= 0.6 is 15.9 Å². The van der Waals surface area contributed by atoms with Crippen LogP contribution in [-0.4, -0.2) is 18.0 Å². The van der Waals surface area contributed by atoms with E-state index >= 15 is 0 Å². The number of rotatable bonds is 4. The van der Waals surface area contributed by atoms with Crippen molar-refractivity contribution in [3.8, 4) is 0 Å². The molecule has 0 aromatic heterocycles. The fraction of sp³-hybridized carbons (Fsp3) is 0.462. The van der Waals surface area contributed by atoms with Crippen molar-refractivity contribution >= 4 is 27.5 Å². The van der Waals surface area contributed by atoms with Gasteiger partial charge >= 0.3 is 0 Å². The summed E-state index contributed by atoms with van der Waals surface area (Å²) >= 11 is 3.41. The number of hydrogen-bond donors (Lipinski definition) is 2. The second-order valence-corrected chi connectivity index (χ2v) is 5.65. The second kappa shape index (κ2) is 5.19. The summed E-state index contributed by atoms with van der Waals surface area (Å²) in [5.41, 5.74) is 0.990. The summed E-state index contributed by atoms with van der Waals surface area (Å²) in [5, 5.41) is 6.19. The normalized spacial score (nSPS) is 17.3. The number of carbonyl (C=O) groups excluding carboxylic acids is 1. The number of anilines is 1. The minimum Gasteiger partial charge on any atom is -0.324 e. The van der Waals surface area contributed by atoms with Crippen LogP contribution in [0.3, 0.4) is 0 Å². The maximum atomic E-state index is 11.8. The van der Waals surface area contributed by atoms with Crippen molar-refractivity contribution < 1.29 is 4.79 Å². The summed E-state index contributed by atoms with van der Waals surface area (Å²) < 4.78 is 0.906. The molecule has 2 rings (SSSR count). The van der Waals surface area contributed by atoms with Crippen LogP contribution in [-0.2, 0) is 4.79 Å². The number of halogens is 1. The van der Waals surface area contributed by atoms with Crippen molar-refractivity contribution in [3.63, 3.8) is 0 Å². The van der Waals surface area contributed by atoms with Crippen molar-refractivity contribution in [2.75, 3.05) is 11.9 Å². The van der Waals surface area contributed by atoms with Crippen LogP contribution in [0.25, 0.3) is 0 Å². The molecule has 0 radical (unpaired) electrons. The molecule has 1 aromatic rings. The van der Waals surface area contributed by atoms with Crippen molar-refractivity contribution in [2.24, 2.45) is 0 Å². The second-order valence-electron chi connectivity index (χ2n) is 4.80. The molecule has 0 saturated heterocycles. The first-order chi connectivity index (χ1) is 8.09. The van der Waals surface area contributed by atoms with Gasteiger partial charge in [0, 0.05) is 10.0 Å². The zero-order valence-corrected chi connectivity index (χ0v) is 11.5.